The van der Waals surface area contributed by atoms with E-state index in [1.807, 2.05) is 0 Å². The quantitative estimate of drug-likeness (QED) is 0.797. The molecule has 1 heterocycles. The van der Waals surface area contributed by atoms with Crippen molar-refractivity contribution in [2.24, 2.45) is 0 Å². The van der Waals surface area contributed by atoms with Crippen LogP contribution in [0.3, 0.4) is 0 Å². The predicted octanol–water partition coefficient (Wildman–Crippen LogP) is 2.00. The summed E-state index contributed by atoms with van der Waals surface area (Å²) in [6.07, 6.45) is 0. The van der Waals surface area contributed by atoms with Crippen LogP contribution in [0.5, 0.6) is 0 Å². The van der Waals surface area contributed by atoms with Crippen molar-refractivity contribution in [3.8, 4) is 0 Å². The molecule has 0 aliphatic carbocycles. The zero-order valence-electron chi connectivity index (χ0n) is 8.77. The Hall–Kier alpha value is -0.880. The van der Waals surface area contributed by atoms with Crippen LogP contribution in [0.15, 0.2) is 27.6 Å². The fourth-order valence-corrected chi connectivity index (χ4v) is 4.04. The van der Waals surface area contributed by atoms with Crippen LogP contribution < -0.4 is 0 Å². The normalized spacial score (nSPS) is 18.0. The molecule has 1 aromatic rings. The molecule has 0 N–H and O–H groups in total. The molecular weight excluding hydrogens is 294 g/mol. The number of hydrogen-bond acceptors (Lipinski definition) is 3. The lowest BCUT2D eigenvalue weighted by Gasteiger charge is -2.18. The Morgan fingerprint density at radius 2 is 1.94 bits per heavy atom. The SMILES string of the molecule is CC(C)N1C(=O)c2ccc(Br)cc2S1(=O)=O. The van der Waals surface area contributed by atoms with E-state index in [4.69, 9.17) is 0 Å². The molecule has 16 heavy (non-hydrogen) atoms. The van der Waals surface area contributed by atoms with E-state index in [9.17, 15) is 13.2 Å². The second-order valence-electron chi connectivity index (χ2n) is 3.84. The molecular formula is C10H10BrNO3S. The molecule has 1 amide bonds. The van der Waals surface area contributed by atoms with Crippen molar-refractivity contribution in [1.29, 1.82) is 0 Å². The lowest BCUT2D eigenvalue weighted by molar-refractivity contribution is 0.0846. The smallest absolute Gasteiger partial charge is 0.268 e. The summed E-state index contributed by atoms with van der Waals surface area (Å²) in [6, 6.07) is 4.28. The van der Waals surface area contributed by atoms with Gasteiger partial charge in [0.1, 0.15) is 4.90 Å². The average Bonchev–Trinajstić information content (AvgIpc) is 2.34. The van der Waals surface area contributed by atoms with Gasteiger partial charge in [0.15, 0.2) is 0 Å². The molecule has 0 saturated heterocycles. The summed E-state index contributed by atoms with van der Waals surface area (Å²) in [4.78, 5) is 12.0. The highest BCUT2D eigenvalue weighted by Crippen LogP contribution is 2.33. The van der Waals surface area contributed by atoms with Crippen LogP contribution in [0.1, 0.15) is 24.2 Å². The standard InChI is InChI=1S/C10H10BrNO3S/c1-6(2)12-10(13)8-4-3-7(11)5-9(8)16(12,14)15/h3-6H,1-2H3. The van der Waals surface area contributed by atoms with E-state index in [0.717, 1.165) is 4.31 Å². The Labute approximate surface area is 102 Å². The van der Waals surface area contributed by atoms with Crippen LogP contribution in [0.2, 0.25) is 0 Å². The van der Waals surface area contributed by atoms with E-state index in [1.54, 1.807) is 19.9 Å². The van der Waals surface area contributed by atoms with Crippen LogP contribution in [-0.2, 0) is 10.0 Å². The fraction of sp³-hybridized carbons (Fsp3) is 0.300. The van der Waals surface area contributed by atoms with E-state index in [0.29, 0.717) is 4.47 Å². The minimum Gasteiger partial charge on any atom is -0.268 e. The molecule has 1 aliphatic heterocycles. The van der Waals surface area contributed by atoms with Gasteiger partial charge in [-0.1, -0.05) is 15.9 Å². The number of hydrogen-bond donors (Lipinski definition) is 0. The largest absolute Gasteiger partial charge is 0.269 e. The zero-order chi connectivity index (χ0) is 12.1. The van der Waals surface area contributed by atoms with Crippen LogP contribution in [0, 0.1) is 0 Å². The van der Waals surface area contributed by atoms with Crippen molar-refractivity contribution in [3.05, 3.63) is 28.2 Å². The van der Waals surface area contributed by atoms with Gasteiger partial charge in [0.25, 0.3) is 15.9 Å². The molecule has 4 nitrogen and oxygen atoms in total. The highest BCUT2D eigenvalue weighted by molar-refractivity contribution is 9.10. The summed E-state index contributed by atoms with van der Waals surface area (Å²) in [5.41, 5.74) is 0.247. The van der Waals surface area contributed by atoms with Gasteiger partial charge in [-0.2, -0.15) is 0 Å². The van der Waals surface area contributed by atoms with Crippen molar-refractivity contribution in [1.82, 2.24) is 4.31 Å². The van der Waals surface area contributed by atoms with Crippen LogP contribution in [-0.4, -0.2) is 24.7 Å². The lowest BCUT2D eigenvalue weighted by atomic mass is 10.2. The number of benzene rings is 1. The second-order valence-corrected chi connectivity index (χ2v) is 6.54. The summed E-state index contributed by atoms with van der Waals surface area (Å²) < 4.78 is 25.7. The Balaban J connectivity index is 2.72. The zero-order valence-corrected chi connectivity index (χ0v) is 11.2. The maximum absolute atomic E-state index is 12.1. The topological polar surface area (TPSA) is 54.5 Å². The Morgan fingerprint density at radius 1 is 1.31 bits per heavy atom. The van der Waals surface area contributed by atoms with Gasteiger partial charge in [-0.05, 0) is 32.0 Å². The van der Waals surface area contributed by atoms with Gasteiger partial charge in [0, 0.05) is 10.5 Å². The first-order valence-corrected chi connectivity index (χ1v) is 6.97. The minimum atomic E-state index is -3.66. The van der Waals surface area contributed by atoms with E-state index < -0.39 is 15.9 Å². The van der Waals surface area contributed by atoms with Crippen molar-refractivity contribution in [2.75, 3.05) is 0 Å². The van der Waals surface area contributed by atoms with Gasteiger partial charge in [0.05, 0.1) is 5.56 Å². The van der Waals surface area contributed by atoms with E-state index in [2.05, 4.69) is 15.9 Å². The third kappa shape index (κ3) is 1.48. The van der Waals surface area contributed by atoms with Crippen LogP contribution >= 0.6 is 15.9 Å². The van der Waals surface area contributed by atoms with Crippen LogP contribution in [0.4, 0.5) is 0 Å². The van der Waals surface area contributed by atoms with Gasteiger partial charge in [-0.25, -0.2) is 12.7 Å². The van der Waals surface area contributed by atoms with Crippen molar-refractivity contribution in [3.63, 3.8) is 0 Å². The average molecular weight is 304 g/mol. The predicted molar refractivity (Wildman–Crippen MR) is 62.6 cm³/mol. The number of nitrogens with zero attached hydrogens (tertiary/aromatic N) is 1. The van der Waals surface area contributed by atoms with Crippen LogP contribution in [0.25, 0.3) is 0 Å². The van der Waals surface area contributed by atoms with Crippen molar-refractivity contribution < 1.29 is 13.2 Å². The van der Waals surface area contributed by atoms with Gasteiger partial charge < -0.3 is 0 Å². The van der Waals surface area contributed by atoms with Crippen molar-refractivity contribution in [2.45, 2.75) is 24.8 Å². The van der Waals surface area contributed by atoms with E-state index >= 15 is 0 Å². The molecule has 0 bridgehead atoms. The highest BCUT2D eigenvalue weighted by atomic mass is 79.9. The first kappa shape index (κ1) is 11.6. The maximum atomic E-state index is 12.1. The summed E-state index contributed by atoms with van der Waals surface area (Å²) >= 11 is 3.20. The molecule has 6 heteroatoms. The van der Waals surface area contributed by atoms with Gasteiger partial charge in [-0.3, -0.25) is 4.79 Å². The molecule has 1 aromatic carbocycles. The number of amides is 1. The first-order chi connectivity index (χ1) is 7.35. The van der Waals surface area contributed by atoms with E-state index in [1.165, 1.54) is 12.1 Å². The fourth-order valence-electron chi connectivity index (χ4n) is 1.73. The molecule has 0 aromatic heterocycles. The number of rotatable bonds is 1. The van der Waals surface area contributed by atoms with E-state index in [-0.39, 0.29) is 16.5 Å². The first-order valence-electron chi connectivity index (χ1n) is 4.74. The van der Waals surface area contributed by atoms with Gasteiger partial charge in [-0.15, -0.1) is 0 Å². The number of sulfonamides is 1. The summed E-state index contributed by atoms with van der Waals surface area (Å²) in [6.45, 7) is 3.35. The Morgan fingerprint density at radius 3 is 2.50 bits per heavy atom. The molecule has 0 radical (unpaired) electrons. The Kier molecular flexibility index (Phi) is 2.58. The summed E-state index contributed by atoms with van der Waals surface area (Å²) in [5, 5.41) is 0. The monoisotopic (exact) mass is 303 g/mol. The molecule has 2 rings (SSSR count). The molecule has 0 spiro atoms. The molecule has 86 valence electrons. The summed E-state index contributed by atoms with van der Waals surface area (Å²) in [5.74, 6) is -0.447. The molecule has 0 atom stereocenters. The minimum absolute atomic E-state index is 0.0839. The number of halogens is 1. The third-order valence-electron chi connectivity index (χ3n) is 2.38. The third-order valence-corrected chi connectivity index (χ3v) is 4.87. The van der Waals surface area contributed by atoms with Gasteiger partial charge >= 0.3 is 0 Å². The highest BCUT2D eigenvalue weighted by Gasteiger charge is 2.42. The molecule has 1 aliphatic rings. The Bertz CT molecular complexity index is 565. The number of carbonyl (C=O) groups excluding carboxylic acids is 1. The summed E-state index contributed by atoms with van der Waals surface area (Å²) in [7, 11) is -3.66. The molecule has 0 fully saturated rings. The second kappa shape index (κ2) is 3.56. The molecule has 0 unspecified atom stereocenters. The lowest BCUT2D eigenvalue weighted by Crippen LogP contribution is -2.36. The molecule has 0 saturated carbocycles. The van der Waals surface area contributed by atoms with Crippen molar-refractivity contribution >= 4 is 31.9 Å². The maximum Gasteiger partial charge on any atom is 0.269 e. The number of fused-ring (bicyclic) bond motifs is 1. The number of carbonyl (C=O) groups is 1. The van der Waals surface area contributed by atoms with Gasteiger partial charge in [0.2, 0.25) is 0 Å².